The largest absolute Gasteiger partial charge is 0.347 e. The predicted octanol–water partition coefficient (Wildman–Crippen LogP) is 3.16. The molecule has 5 atom stereocenters. The summed E-state index contributed by atoms with van der Waals surface area (Å²) in [6.07, 6.45) is 1.60. The van der Waals surface area contributed by atoms with Crippen LogP contribution in [0.3, 0.4) is 0 Å². The molecule has 2 heterocycles. The van der Waals surface area contributed by atoms with Crippen LogP contribution in [0.25, 0.3) is 0 Å². The van der Waals surface area contributed by atoms with Crippen LogP contribution in [0.15, 0.2) is 0 Å². The van der Waals surface area contributed by atoms with Gasteiger partial charge in [-0.05, 0) is 26.7 Å². The minimum absolute atomic E-state index is 0.0410. The lowest BCUT2D eigenvalue weighted by Gasteiger charge is -2.27. The highest BCUT2D eigenvalue weighted by atomic mass is 16.8. The topological polar surface area (TPSA) is 36.9 Å². The fraction of sp³-hybridized carbons (Fsp3) is 0.938. The molecule has 0 aromatic carbocycles. The maximum atomic E-state index is 6.10. The zero-order valence-electron chi connectivity index (χ0n) is 13.5. The van der Waals surface area contributed by atoms with Crippen LogP contribution in [-0.2, 0) is 18.9 Å². The molecule has 2 rings (SSSR count). The second-order valence-electron chi connectivity index (χ2n) is 7.11. The van der Waals surface area contributed by atoms with E-state index in [4.69, 9.17) is 18.9 Å². The van der Waals surface area contributed by atoms with Crippen molar-refractivity contribution in [2.45, 2.75) is 71.2 Å². The van der Waals surface area contributed by atoms with Gasteiger partial charge in [-0.15, -0.1) is 0 Å². The lowest BCUT2D eigenvalue weighted by molar-refractivity contribution is -0.196. The molecule has 0 aromatic heterocycles. The van der Waals surface area contributed by atoms with Gasteiger partial charge in [-0.2, -0.15) is 0 Å². The Labute approximate surface area is 123 Å². The van der Waals surface area contributed by atoms with E-state index < -0.39 is 11.6 Å². The Morgan fingerprint density at radius 2 is 1.40 bits per heavy atom. The monoisotopic (exact) mass is 285 g/mol. The Balaban J connectivity index is 1.89. The normalized spacial score (nSPS) is 43.3. The highest BCUT2D eigenvalue weighted by Crippen LogP contribution is 2.37. The molecule has 0 bridgehead atoms. The molecule has 0 aliphatic carbocycles. The van der Waals surface area contributed by atoms with Gasteiger partial charge in [0.2, 0.25) is 0 Å². The zero-order chi connectivity index (χ0) is 15.0. The number of ether oxygens (including phenoxy) is 4. The van der Waals surface area contributed by atoms with Crippen molar-refractivity contribution in [1.82, 2.24) is 0 Å². The van der Waals surface area contributed by atoms with Crippen LogP contribution in [0.4, 0.5) is 0 Å². The number of hydrogen-bond donors (Lipinski definition) is 0. The summed E-state index contributed by atoms with van der Waals surface area (Å²) in [6.45, 7) is 15.6. The van der Waals surface area contributed by atoms with Crippen molar-refractivity contribution in [2.24, 2.45) is 11.8 Å². The third kappa shape index (κ3) is 3.88. The summed E-state index contributed by atoms with van der Waals surface area (Å²) in [4.78, 5) is 0. The van der Waals surface area contributed by atoms with Crippen LogP contribution in [0.5, 0.6) is 0 Å². The summed E-state index contributed by atoms with van der Waals surface area (Å²) in [6, 6.07) is 0. The van der Waals surface area contributed by atoms with E-state index >= 15 is 0 Å². The van der Waals surface area contributed by atoms with Crippen molar-refractivity contribution in [2.75, 3.05) is 13.2 Å². The Morgan fingerprint density at radius 3 is 1.80 bits per heavy atom. The van der Waals surface area contributed by atoms with Crippen molar-refractivity contribution in [3.8, 4) is 0 Å². The molecule has 2 saturated heterocycles. The molecule has 0 aromatic rings. The second-order valence-corrected chi connectivity index (χ2v) is 7.11. The fourth-order valence-electron chi connectivity index (χ4n) is 3.25. The minimum atomic E-state index is -0.535. The van der Waals surface area contributed by atoms with Gasteiger partial charge in [0.15, 0.2) is 11.6 Å². The van der Waals surface area contributed by atoms with Crippen molar-refractivity contribution < 1.29 is 18.9 Å². The zero-order valence-corrected chi connectivity index (χ0v) is 13.5. The van der Waals surface area contributed by atoms with Crippen molar-refractivity contribution in [3.63, 3.8) is 0 Å². The average molecular weight is 285 g/mol. The molecule has 4 nitrogen and oxygen atoms in total. The first-order valence-electron chi connectivity index (χ1n) is 7.68. The van der Waals surface area contributed by atoms with E-state index in [9.17, 15) is 0 Å². The Morgan fingerprint density at radius 1 is 0.950 bits per heavy atom. The van der Waals surface area contributed by atoms with Crippen LogP contribution in [0.1, 0.15) is 47.5 Å². The summed E-state index contributed by atoms with van der Waals surface area (Å²) in [5, 5.41) is 0. The SMILES string of the molecule is [CH2+]C(C)CC1(C)OCC(C2COC(C)(CC(C)C)O2)O1. The first-order chi connectivity index (χ1) is 9.21. The number of hydrogen-bond acceptors (Lipinski definition) is 4. The Hall–Kier alpha value is -0.290. The fourth-order valence-corrected chi connectivity index (χ4v) is 3.25. The minimum Gasteiger partial charge on any atom is -0.347 e. The molecule has 2 fully saturated rings. The quantitative estimate of drug-likeness (QED) is 0.727. The smallest absolute Gasteiger partial charge is 0.170 e. The molecule has 5 unspecified atom stereocenters. The van der Waals surface area contributed by atoms with E-state index in [1.165, 1.54) is 0 Å². The third-order valence-corrected chi connectivity index (χ3v) is 3.82. The lowest BCUT2D eigenvalue weighted by Crippen LogP contribution is -2.36. The lowest BCUT2D eigenvalue weighted by atomic mass is 10.0. The van der Waals surface area contributed by atoms with Crippen LogP contribution in [-0.4, -0.2) is 37.0 Å². The Kier molecular flexibility index (Phi) is 4.69. The molecule has 2 aliphatic rings. The third-order valence-electron chi connectivity index (χ3n) is 3.82. The molecular weight excluding hydrogens is 256 g/mol. The van der Waals surface area contributed by atoms with Gasteiger partial charge in [-0.1, -0.05) is 13.8 Å². The van der Waals surface area contributed by atoms with Crippen molar-refractivity contribution in [3.05, 3.63) is 6.92 Å². The van der Waals surface area contributed by atoms with E-state index in [-0.39, 0.29) is 12.2 Å². The van der Waals surface area contributed by atoms with Gasteiger partial charge < -0.3 is 18.9 Å². The molecule has 0 N–H and O–H groups in total. The van der Waals surface area contributed by atoms with Gasteiger partial charge in [0.1, 0.15) is 12.2 Å². The van der Waals surface area contributed by atoms with E-state index in [0.717, 1.165) is 12.8 Å². The van der Waals surface area contributed by atoms with Gasteiger partial charge in [0.05, 0.1) is 26.1 Å². The van der Waals surface area contributed by atoms with Crippen LogP contribution >= 0.6 is 0 Å². The highest BCUT2D eigenvalue weighted by molar-refractivity contribution is 4.87. The number of rotatable bonds is 5. The van der Waals surface area contributed by atoms with E-state index in [1.54, 1.807) is 0 Å². The summed E-state index contributed by atoms with van der Waals surface area (Å²) in [5.41, 5.74) is 0. The second kappa shape index (κ2) is 5.84. The van der Waals surface area contributed by atoms with E-state index in [0.29, 0.717) is 25.0 Å². The van der Waals surface area contributed by atoms with Crippen LogP contribution < -0.4 is 0 Å². The maximum Gasteiger partial charge on any atom is 0.170 e. The predicted molar refractivity (Wildman–Crippen MR) is 77.1 cm³/mol. The summed E-state index contributed by atoms with van der Waals surface area (Å²) in [7, 11) is 0. The molecule has 2 aliphatic heterocycles. The molecule has 0 saturated carbocycles. The van der Waals surface area contributed by atoms with Gasteiger partial charge in [0, 0.05) is 12.8 Å². The van der Waals surface area contributed by atoms with E-state index in [2.05, 4.69) is 27.7 Å². The summed E-state index contributed by atoms with van der Waals surface area (Å²) in [5.74, 6) is -0.185. The van der Waals surface area contributed by atoms with Crippen LogP contribution in [0.2, 0.25) is 0 Å². The molecule has 0 amide bonds. The molecule has 0 radical (unpaired) electrons. The molecule has 4 heteroatoms. The molecular formula is C16H29O4+. The first-order valence-corrected chi connectivity index (χ1v) is 7.68. The van der Waals surface area contributed by atoms with Crippen molar-refractivity contribution in [1.29, 1.82) is 0 Å². The first kappa shape index (κ1) is 16.1. The Bertz CT molecular complexity index is 298. The maximum absolute atomic E-state index is 6.10. The summed E-state index contributed by atoms with van der Waals surface area (Å²) < 4.78 is 23.9. The van der Waals surface area contributed by atoms with E-state index in [1.807, 2.05) is 13.8 Å². The van der Waals surface area contributed by atoms with Crippen LogP contribution in [0, 0.1) is 18.8 Å². The molecule has 20 heavy (non-hydrogen) atoms. The van der Waals surface area contributed by atoms with Crippen molar-refractivity contribution >= 4 is 0 Å². The standard InChI is InChI=1S/C16H29O4/c1-11(2)7-15(5)17-9-13(19-15)14-10-18-16(6,20-14)8-12(3)4/h11-14H,1,7-10H2,2-6H3/q+1. The van der Waals surface area contributed by atoms with Gasteiger partial charge in [-0.25, -0.2) is 0 Å². The average Bonchev–Trinajstić information content (AvgIpc) is 2.81. The van der Waals surface area contributed by atoms with Gasteiger partial charge in [-0.3, -0.25) is 0 Å². The highest BCUT2D eigenvalue weighted by Gasteiger charge is 2.47. The van der Waals surface area contributed by atoms with Gasteiger partial charge >= 0.3 is 0 Å². The van der Waals surface area contributed by atoms with Gasteiger partial charge in [0.25, 0.3) is 0 Å². The molecule has 116 valence electrons. The summed E-state index contributed by atoms with van der Waals surface area (Å²) >= 11 is 0. The molecule has 0 spiro atoms.